The molecule has 123 heavy (non-hydrogen) atoms. The van der Waals surface area contributed by atoms with Crippen molar-refractivity contribution >= 4 is 279 Å². The molecule has 0 radical (unpaired) electrons. The normalized spacial score (nSPS) is 11.4. The maximum Gasteiger partial charge on any atom is 0.135 e. The smallest absolute Gasteiger partial charge is 0.135 e. The van der Waals surface area contributed by atoms with Gasteiger partial charge in [-0.05, 0) is 191 Å². The van der Waals surface area contributed by atoms with Crippen LogP contribution in [-0.4, -0.2) is 0 Å². The third kappa shape index (κ3) is 14.8. The van der Waals surface area contributed by atoms with Gasteiger partial charge < -0.3 is 31.0 Å². The van der Waals surface area contributed by atoms with Crippen LogP contribution in [0.15, 0.2) is 429 Å². The van der Waals surface area contributed by atoms with Crippen LogP contribution < -0.4 is 26.6 Å². The molecule has 0 atom stereocenters. The van der Waals surface area contributed by atoms with Crippen LogP contribution in [0.2, 0.25) is 0 Å². The van der Waals surface area contributed by atoms with Crippen molar-refractivity contribution in [1.82, 2.24) is 0 Å². The van der Waals surface area contributed by atoms with Crippen LogP contribution in [0.1, 0.15) is 0 Å². The molecular weight excluding hydrogens is 1590 g/mol. The molecule has 0 aliphatic rings. The van der Waals surface area contributed by atoms with E-state index in [0.29, 0.717) is 0 Å². The Morgan fingerprint density at radius 1 is 0.154 bits per heavy atom. The number of hydrogen-bond donors (Lipinski definition) is 5. The van der Waals surface area contributed by atoms with Crippen LogP contribution >= 0.6 is 56.7 Å². The Morgan fingerprint density at radius 2 is 0.496 bits per heavy atom. The minimum Gasteiger partial charge on any atom is -0.456 e. The number of fused-ring (bicyclic) bond motifs is 26. The van der Waals surface area contributed by atoms with Crippen LogP contribution in [0, 0.1) is 0 Å². The first-order valence-electron chi connectivity index (χ1n) is 41.1. The average Bonchev–Trinajstić information content (AvgIpc) is 1.63. The molecule has 26 aromatic rings. The summed E-state index contributed by atoms with van der Waals surface area (Å²) in [5.74, 6) is 0. The van der Waals surface area contributed by atoms with Crippen LogP contribution in [0.5, 0.6) is 0 Å². The first-order chi connectivity index (χ1) is 60.9. The third-order valence-corrected chi connectivity index (χ3v) is 28.6. The minimum atomic E-state index is 0.918. The zero-order chi connectivity index (χ0) is 81.5. The lowest BCUT2D eigenvalue weighted by Crippen LogP contribution is -1.91. The van der Waals surface area contributed by atoms with Gasteiger partial charge >= 0.3 is 0 Å². The van der Waals surface area contributed by atoms with E-state index in [2.05, 4.69) is 378 Å². The fourth-order valence-electron chi connectivity index (χ4n) is 17.1. The summed E-state index contributed by atoms with van der Waals surface area (Å²) in [5.41, 5.74) is 13.0. The summed E-state index contributed by atoms with van der Waals surface area (Å²) >= 11 is 9.32. The largest absolute Gasteiger partial charge is 0.456 e. The summed E-state index contributed by atoms with van der Waals surface area (Å²) in [6.07, 6.45) is 0. The average molecular weight is 1670 g/mol. The molecule has 0 amide bonds. The lowest BCUT2D eigenvalue weighted by atomic mass is 10.0. The van der Waals surface area contributed by atoms with Crippen molar-refractivity contribution < 1.29 is 4.42 Å². The Balaban J connectivity index is 0.0000000917. The topological polar surface area (TPSA) is 73.3 Å². The van der Waals surface area contributed by atoms with E-state index in [-0.39, 0.29) is 0 Å². The summed E-state index contributed by atoms with van der Waals surface area (Å²) in [4.78, 5) is 0. The maximum absolute atomic E-state index is 5.93. The molecule has 0 saturated carbocycles. The van der Waals surface area contributed by atoms with Gasteiger partial charge in [0.2, 0.25) is 0 Å². The Kier molecular flexibility index (Phi) is 19.9. The first-order valence-corrected chi connectivity index (χ1v) is 45.2. The highest BCUT2D eigenvalue weighted by atomic mass is 32.1. The second-order valence-corrected chi connectivity index (χ2v) is 35.9. The predicted molar refractivity (Wildman–Crippen MR) is 543 cm³/mol. The SMILES string of the molecule is c1ccc(Nc2cc3c4ccccc4sc3c3ccccc23)cc1.c1ccc(Nc2cc3sc4ccccc4c3c3ccccc23)cc1.c1ccc(Nc2ccc3sc4c5ccccc5ccc4c3c2)cc1.c1ccc(Nc2ccc3sc4ccc5ccccc5c4c3c2)cc1.c1ccc2c(c1)oc1ccc(Nc3ccc4sc5ccccc5c4c3)cc12. The van der Waals surface area contributed by atoms with Crippen molar-refractivity contribution in [3.8, 4) is 0 Å². The standard InChI is InChI=1S/C24H15NOS.4C22H15NS/c1-3-7-21-17(5-1)19-13-15(9-11-22(19)26-21)25-16-10-12-24-20(14-16)18-6-2-4-8-23(18)27-24;1-2-8-15(9-3-1)23-20-14-19-17-11-6-7-13-21(17)24-22(19)18-12-5-4-10-16(18)20;1-2-8-15(9-3-1)23-19-14-21-22(17-11-5-4-10-16(17)19)18-12-6-7-13-20(18)24-21;1-2-7-16(8-3-1)23-17-11-13-20-19(14-17)22-18-9-5-4-6-15(18)10-12-21(22)24-20;1-2-7-16(8-3-1)23-17-11-13-21-20(14-17)19-12-10-15-6-4-5-9-18(15)22(19)24-21/h1-14,25H;4*1-14,23H. The quantitative estimate of drug-likeness (QED) is 0.0940. The molecular formula is C112H75N5OS5. The third-order valence-electron chi connectivity index (χ3n) is 22.8. The molecule has 11 heteroatoms. The molecule has 0 spiro atoms. The molecule has 584 valence electrons. The van der Waals surface area contributed by atoms with Crippen LogP contribution in [-0.2, 0) is 0 Å². The van der Waals surface area contributed by atoms with Crippen molar-refractivity contribution in [2.24, 2.45) is 0 Å². The molecule has 0 saturated heterocycles. The summed E-state index contributed by atoms with van der Waals surface area (Å²) in [5, 5.41) is 43.8. The Hall–Kier alpha value is -14.7. The van der Waals surface area contributed by atoms with Crippen molar-refractivity contribution in [2.75, 3.05) is 26.6 Å². The van der Waals surface area contributed by atoms with Gasteiger partial charge in [0.15, 0.2) is 0 Å². The Morgan fingerprint density at radius 3 is 1.11 bits per heavy atom. The van der Waals surface area contributed by atoms with Crippen LogP contribution in [0.25, 0.3) is 166 Å². The van der Waals surface area contributed by atoms with E-state index in [0.717, 1.165) is 78.8 Å². The molecule has 0 unspecified atom stereocenters. The number of anilines is 10. The summed E-state index contributed by atoms with van der Waals surface area (Å²) < 4.78 is 19.3. The van der Waals surface area contributed by atoms with Gasteiger partial charge in [0.05, 0.1) is 0 Å². The lowest BCUT2D eigenvalue weighted by molar-refractivity contribution is 0.669. The van der Waals surface area contributed by atoms with E-state index >= 15 is 0 Å². The zero-order valence-electron chi connectivity index (χ0n) is 66.4. The lowest BCUT2D eigenvalue weighted by Gasteiger charge is -2.11. The van der Waals surface area contributed by atoms with Crippen molar-refractivity contribution in [3.63, 3.8) is 0 Å². The van der Waals surface area contributed by atoms with Crippen molar-refractivity contribution in [2.45, 2.75) is 0 Å². The van der Waals surface area contributed by atoms with Crippen molar-refractivity contribution in [3.05, 3.63) is 425 Å². The Bertz CT molecular complexity index is 8320. The molecule has 26 rings (SSSR count). The molecule has 0 aliphatic carbocycles. The van der Waals surface area contributed by atoms with E-state index in [1.807, 2.05) is 129 Å². The fourth-order valence-corrected chi connectivity index (χ4v) is 22.8. The van der Waals surface area contributed by atoms with Gasteiger partial charge in [-0.2, -0.15) is 0 Å². The van der Waals surface area contributed by atoms with Crippen LogP contribution in [0.3, 0.4) is 0 Å². The van der Waals surface area contributed by atoms with Gasteiger partial charge in [-0.25, -0.2) is 0 Å². The summed E-state index contributed by atoms with van der Waals surface area (Å²) in [6.45, 7) is 0. The van der Waals surface area contributed by atoms with Gasteiger partial charge in [-0.3, -0.25) is 0 Å². The molecule has 6 aromatic heterocycles. The molecule has 6 nitrogen and oxygen atoms in total. The predicted octanol–water partition coefficient (Wildman–Crippen LogP) is 35.5. The number of nitrogens with one attached hydrogen (secondary N) is 5. The molecule has 20 aromatic carbocycles. The summed E-state index contributed by atoms with van der Waals surface area (Å²) in [7, 11) is 0. The maximum atomic E-state index is 5.93. The van der Waals surface area contributed by atoms with Gasteiger partial charge in [-0.15, -0.1) is 56.7 Å². The van der Waals surface area contributed by atoms with Crippen molar-refractivity contribution in [1.29, 1.82) is 0 Å². The Labute approximate surface area is 729 Å². The van der Waals surface area contributed by atoms with E-state index in [1.54, 1.807) is 0 Å². The van der Waals surface area contributed by atoms with E-state index in [9.17, 15) is 0 Å². The number of furan rings is 1. The number of para-hydroxylation sites is 5. The van der Waals surface area contributed by atoms with E-state index in [1.165, 1.54) is 144 Å². The molecule has 5 N–H and O–H groups in total. The highest BCUT2D eigenvalue weighted by Gasteiger charge is 2.18. The second kappa shape index (κ2) is 32.8. The first kappa shape index (κ1) is 74.6. The molecule has 0 fully saturated rings. The summed E-state index contributed by atoms with van der Waals surface area (Å²) in [6, 6.07) is 150. The second-order valence-electron chi connectivity index (χ2n) is 30.5. The number of rotatable bonds is 10. The van der Waals surface area contributed by atoms with E-state index in [4.69, 9.17) is 4.42 Å². The van der Waals surface area contributed by atoms with Gasteiger partial charge in [0, 0.05) is 185 Å². The molecule has 0 bridgehead atoms. The molecule has 0 aliphatic heterocycles. The molecule has 6 heterocycles. The number of hydrogen-bond acceptors (Lipinski definition) is 11. The van der Waals surface area contributed by atoms with Gasteiger partial charge in [0.1, 0.15) is 11.2 Å². The monoisotopic (exact) mass is 1670 g/mol. The van der Waals surface area contributed by atoms with Gasteiger partial charge in [-0.1, -0.05) is 261 Å². The minimum absolute atomic E-state index is 0.918. The highest BCUT2D eigenvalue weighted by molar-refractivity contribution is 7.28. The highest BCUT2D eigenvalue weighted by Crippen LogP contribution is 2.47. The fraction of sp³-hybridized carbons (Fsp3) is 0. The van der Waals surface area contributed by atoms with Crippen LogP contribution in [0.4, 0.5) is 56.9 Å². The van der Waals surface area contributed by atoms with Gasteiger partial charge in [0.25, 0.3) is 0 Å². The van der Waals surface area contributed by atoms with E-state index < -0.39 is 0 Å². The number of benzene rings is 20. The zero-order valence-corrected chi connectivity index (χ0v) is 70.4. The number of thiophene rings is 5.